The van der Waals surface area contributed by atoms with Crippen LogP contribution >= 0.6 is 0 Å². The van der Waals surface area contributed by atoms with Crippen molar-refractivity contribution in [1.82, 2.24) is 15.3 Å². The van der Waals surface area contributed by atoms with Gasteiger partial charge in [-0.15, -0.1) is 0 Å². The molecule has 1 saturated carbocycles. The molecule has 4 heteroatoms. The van der Waals surface area contributed by atoms with E-state index in [2.05, 4.69) is 19.2 Å². The molecule has 0 bridgehead atoms. The fourth-order valence-corrected chi connectivity index (χ4v) is 3.60. The molecule has 1 atom stereocenters. The maximum Gasteiger partial charge on any atom is 0.160 e. The number of hydrogen-bond donors (Lipinski definition) is 1. The average molecular weight is 289 g/mol. The highest BCUT2D eigenvalue weighted by molar-refractivity contribution is 5.30. The summed E-state index contributed by atoms with van der Waals surface area (Å²) >= 11 is 0. The third-order valence-electron chi connectivity index (χ3n) is 5.22. The monoisotopic (exact) mass is 289 g/mol. The van der Waals surface area contributed by atoms with Gasteiger partial charge in [-0.2, -0.15) is 0 Å². The summed E-state index contributed by atoms with van der Waals surface area (Å²) in [5.74, 6) is 1.66. The quantitative estimate of drug-likeness (QED) is 0.905. The first kappa shape index (κ1) is 14.9. The Bertz CT molecular complexity index is 505. The van der Waals surface area contributed by atoms with Gasteiger partial charge in [0.05, 0.1) is 0 Å². The minimum Gasteiger partial charge on any atom is -0.370 e. The highest BCUT2D eigenvalue weighted by atomic mass is 16.5. The van der Waals surface area contributed by atoms with Crippen LogP contribution in [0.4, 0.5) is 0 Å². The van der Waals surface area contributed by atoms with Crippen molar-refractivity contribution in [2.75, 3.05) is 20.2 Å². The van der Waals surface area contributed by atoms with E-state index in [1.807, 2.05) is 0 Å². The first-order valence-corrected chi connectivity index (χ1v) is 8.31. The standard InChI is InChI=1S/C17H27N3O/c1-4-18-11-13-6-7-15-14(10-13)12(2)19-16(20-15)17(21-3)8-5-9-17/h13,18H,4-11H2,1-3H3. The van der Waals surface area contributed by atoms with Gasteiger partial charge in [0.25, 0.3) is 0 Å². The molecule has 1 N–H and O–H groups in total. The van der Waals surface area contributed by atoms with Gasteiger partial charge in [-0.3, -0.25) is 0 Å². The lowest BCUT2D eigenvalue weighted by Gasteiger charge is -2.39. The number of aryl methyl sites for hydroxylation is 2. The normalized spacial score (nSPS) is 23.5. The maximum absolute atomic E-state index is 5.75. The van der Waals surface area contributed by atoms with Gasteiger partial charge < -0.3 is 10.1 Å². The van der Waals surface area contributed by atoms with Crippen molar-refractivity contribution < 1.29 is 4.74 Å². The minimum absolute atomic E-state index is 0.194. The Morgan fingerprint density at radius 2 is 2.14 bits per heavy atom. The molecule has 21 heavy (non-hydrogen) atoms. The summed E-state index contributed by atoms with van der Waals surface area (Å²) in [5.41, 5.74) is 3.63. The molecule has 1 aromatic rings. The van der Waals surface area contributed by atoms with E-state index >= 15 is 0 Å². The van der Waals surface area contributed by atoms with E-state index in [1.54, 1.807) is 7.11 Å². The van der Waals surface area contributed by atoms with Crippen LogP contribution in [0.5, 0.6) is 0 Å². The predicted molar refractivity (Wildman–Crippen MR) is 83.4 cm³/mol. The van der Waals surface area contributed by atoms with E-state index in [1.165, 1.54) is 29.8 Å². The Balaban J connectivity index is 1.83. The van der Waals surface area contributed by atoms with E-state index in [4.69, 9.17) is 14.7 Å². The predicted octanol–water partition coefficient (Wildman–Crippen LogP) is 2.53. The molecule has 3 rings (SSSR count). The number of hydrogen-bond acceptors (Lipinski definition) is 4. The second kappa shape index (κ2) is 6.01. The smallest absolute Gasteiger partial charge is 0.160 e. The fraction of sp³-hybridized carbons (Fsp3) is 0.765. The molecule has 116 valence electrons. The van der Waals surface area contributed by atoms with Crippen LogP contribution < -0.4 is 5.32 Å². The summed E-state index contributed by atoms with van der Waals surface area (Å²) in [7, 11) is 1.80. The van der Waals surface area contributed by atoms with Gasteiger partial charge in [0.15, 0.2) is 5.82 Å². The van der Waals surface area contributed by atoms with Crippen LogP contribution in [0.1, 0.15) is 55.4 Å². The van der Waals surface area contributed by atoms with Crippen LogP contribution in [-0.4, -0.2) is 30.2 Å². The molecule has 0 amide bonds. The molecule has 0 aliphatic heterocycles. The third kappa shape index (κ3) is 2.71. The van der Waals surface area contributed by atoms with Gasteiger partial charge in [-0.25, -0.2) is 9.97 Å². The highest BCUT2D eigenvalue weighted by Gasteiger charge is 2.42. The second-order valence-electron chi connectivity index (χ2n) is 6.53. The molecule has 1 heterocycles. The molecular formula is C17H27N3O. The number of fused-ring (bicyclic) bond motifs is 1. The maximum atomic E-state index is 5.75. The first-order valence-electron chi connectivity index (χ1n) is 8.31. The largest absolute Gasteiger partial charge is 0.370 e. The summed E-state index contributed by atoms with van der Waals surface area (Å²) in [6.45, 7) is 6.47. The molecule has 1 aromatic heterocycles. The van der Waals surface area contributed by atoms with Crippen molar-refractivity contribution >= 4 is 0 Å². The summed E-state index contributed by atoms with van der Waals surface area (Å²) in [6.07, 6.45) is 6.78. The van der Waals surface area contributed by atoms with E-state index in [0.717, 1.165) is 50.5 Å². The molecule has 0 saturated heterocycles. The lowest BCUT2D eigenvalue weighted by atomic mass is 9.78. The number of ether oxygens (including phenoxy) is 1. The molecule has 2 aliphatic rings. The van der Waals surface area contributed by atoms with Crippen LogP contribution in [0.15, 0.2) is 0 Å². The minimum atomic E-state index is -0.194. The third-order valence-corrected chi connectivity index (χ3v) is 5.22. The van der Waals surface area contributed by atoms with Crippen LogP contribution in [0.3, 0.4) is 0 Å². The Morgan fingerprint density at radius 1 is 1.33 bits per heavy atom. The molecule has 1 unspecified atom stereocenters. The SMILES string of the molecule is CCNCC1CCc2nc(C3(OC)CCC3)nc(C)c2C1. The first-order chi connectivity index (χ1) is 10.2. The lowest BCUT2D eigenvalue weighted by Crippen LogP contribution is -2.39. The van der Waals surface area contributed by atoms with Crippen LogP contribution in [-0.2, 0) is 23.2 Å². The Labute approximate surface area is 127 Å². The van der Waals surface area contributed by atoms with Crippen molar-refractivity contribution in [3.8, 4) is 0 Å². The van der Waals surface area contributed by atoms with Crippen molar-refractivity contribution in [3.63, 3.8) is 0 Å². The zero-order valence-electron chi connectivity index (χ0n) is 13.5. The second-order valence-corrected chi connectivity index (χ2v) is 6.53. The van der Waals surface area contributed by atoms with Gasteiger partial charge in [0.2, 0.25) is 0 Å². The molecule has 0 aromatic carbocycles. The fourth-order valence-electron chi connectivity index (χ4n) is 3.60. The van der Waals surface area contributed by atoms with Gasteiger partial charge >= 0.3 is 0 Å². The summed E-state index contributed by atoms with van der Waals surface area (Å²) in [5, 5.41) is 3.47. The van der Waals surface area contributed by atoms with Crippen molar-refractivity contribution in [3.05, 3.63) is 22.8 Å². The Kier molecular flexibility index (Phi) is 4.27. The van der Waals surface area contributed by atoms with Crippen LogP contribution in [0.2, 0.25) is 0 Å². The van der Waals surface area contributed by atoms with Crippen molar-refractivity contribution in [1.29, 1.82) is 0 Å². The number of rotatable bonds is 5. The van der Waals surface area contributed by atoms with Gasteiger partial charge in [-0.1, -0.05) is 6.92 Å². The molecular weight excluding hydrogens is 262 g/mol. The van der Waals surface area contributed by atoms with Crippen molar-refractivity contribution in [2.24, 2.45) is 5.92 Å². The Morgan fingerprint density at radius 3 is 2.76 bits per heavy atom. The van der Waals surface area contributed by atoms with Gasteiger partial charge in [0.1, 0.15) is 5.60 Å². The number of nitrogens with zero attached hydrogens (tertiary/aromatic N) is 2. The highest BCUT2D eigenvalue weighted by Crippen LogP contribution is 2.43. The topological polar surface area (TPSA) is 47.0 Å². The molecule has 2 aliphatic carbocycles. The average Bonchev–Trinajstić information content (AvgIpc) is 2.45. The summed E-state index contributed by atoms with van der Waals surface area (Å²) in [4.78, 5) is 9.71. The van der Waals surface area contributed by atoms with E-state index in [0.29, 0.717) is 0 Å². The summed E-state index contributed by atoms with van der Waals surface area (Å²) in [6, 6.07) is 0. The molecule has 0 spiro atoms. The van der Waals surface area contributed by atoms with E-state index in [-0.39, 0.29) is 5.60 Å². The molecule has 4 nitrogen and oxygen atoms in total. The number of methoxy groups -OCH3 is 1. The number of nitrogens with one attached hydrogen (secondary N) is 1. The summed E-state index contributed by atoms with van der Waals surface area (Å²) < 4.78 is 5.75. The van der Waals surface area contributed by atoms with E-state index in [9.17, 15) is 0 Å². The van der Waals surface area contributed by atoms with Crippen molar-refractivity contribution in [2.45, 2.75) is 58.0 Å². The molecule has 0 radical (unpaired) electrons. The zero-order chi connectivity index (χ0) is 14.9. The zero-order valence-corrected chi connectivity index (χ0v) is 13.5. The lowest BCUT2D eigenvalue weighted by molar-refractivity contribution is -0.0849. The number of aromatic nitrogens is 2. The van der Waals surface area contributed by atoms with Crippen LogP contribution in [0.25, 0.3) is 0 Å². The van der Waals surface area contributed by atoms with Crippen LogP contribution in [0, 0.1) is 12.8 Å². The van der Waals surface area contributed by atoms with Gasteiger partial charge in [-0.05, 0) is 70.0 Å². The van der Waals surface area contributed by atoms with Gasteiger partial charge in [0, 0.05) is 18.5 Å². The van der Waals surface area contributed by atoms with E-state index < -0.39 is 0 Å². The Hall–Kier alpha value is -1.00. The molecule has 1 fully saturated rings.